The predicted molar refractivity (Wildman–Crippen MR) is 87.0 cm³/mol. The second kappa shape index (κ2) is 6.00. The van der Waals surface area contributed by atoms with Gasteiger partial charge in [0.25, 0.3) is 0 Å². The normalized spacial score (nSPS) is 16.3. The Morgan fingerprint density at radius 1 is 1.04 bits per heavy atom. The molecule has 1 aliphatic heterocycles. The van der Waals surface area contributed by atoms with E-state index in [1.807, 2.05) is 30.3 Å². The number of rotatable bonds is 2. The van der Waals surface area contributed by atoms with Crippen molar-refractivity contribution in [3.63, 3.8) is 0 Å². The first-order valence-corrected chi connectivity index (χ1v) is 7.65. The minimum atomic E-state index is -0.818. The minimum absolute atomic E-state index is 0.265. The Kier molecular flexibility index (Phi) is 4.01. The number of ether oxygens (including phenoxy) is 3. The molecule has 0 bridgehead atoms. The lowest BCUT2D eigenvalue weighted by Gasteiger charge is -2.20. The number of hydrogen-bond acceptors (Lipinski definition) is 5. The van der Waals surface area contributed by atoms with Crippen molar-refractivity contribution >= 4 is 12.1 Å². The molecule has 0 fully saturated rings. The Hall–Kier alpha value is -2.82. The fraction of sp³-hybridized carbons (Fsp3) is 0.263. The van der Waals surface area contributed by atoms with E-state index in [4.69, 9.17) is 14.2 Å². The van der Waals surface area contributed by atoms with Crippen molar-refractivity contribution in [1.29, 1.82) is 0 Å². The van der Waals surface area contributed by atoms with Gasteiger partial charge in [0, 0.05) is 0 Å². The summed E-state index contributed by atoms with van der Waals surface area (Å²) in [6, 6.07) is 14.2. The van der Waals surface area contributed by atoms with E-state index >= 15 is 0 Å². The van der Waals surface area contributed by atoms with Gasteiger partial charge in [0.2, 0.25) is 0 Å². The molecule has 3 rings (SSSR count). The van der Waals surface area contributed by atoms with Crippen molar-refractivity contribution in [2.24, 2.45) is 0 Å². The summed E-state index contributed by atoms with van der Waals surface area (Å²) < 4.78 is 16.0. The van der Waals surface area contributed by atoms with Crippen molar-refractivity contribution in [2.45, 2.75) is 32.5 Å². The number of fused-ring (bicyclic) bond motifs is 1. The Morgan fingerprint density at radius 3 is 2.42 bits per heavy atom. The second-order valence-corrected chi connectivity index (χ2v) is 6.48. The van der Waals surface area contributed by atoms with E-state index in [0.717, 1.165) is 5.56 Å². The van der Waals surface area contributed by atoms with Crippen LogP contribution in [0.15, 0.2) is 48.5 Å². The maximum Gasteiger partial charge on any atom is 0.514 e. The summed E-state index contributed by atoms with van der Waals surface area (Å²) in [5.74, 6) is -0.171. The van der Waals surface area contributed by atoms with Crippen LogP contribution in [0.1, 0.15) is 48.4 Å². The molecular weight excluding hydrogens is 308 g/mol. The molecular formula is C19H18O5. The molecule has 124 valence electrons. The fourth-order valence-electron chi connectivity index (χ4n) is 2.53. The molecule has 5 heteroatoms. The van der Waals surface area contributed by atoms with Gasteiger partial charge in [-0.1, -0.05) is 36.4 Å². The van der Waals surface area contributed by atoms with Gasteiger partial charge >= 0.3 is 12.1 Å². The number of hydrogen-bond donors (Lipinski definition) is 0. The van der Waals surface area contributed by atoms with E-state index in [1.54, 1.807) is 39.0 Å². The zero-order valence-corrected chi connectivity index (χ0v) is 13.7. The molecule has 0 saturated carbocycles. The first-order valence-electron chi connectivity index (χ1n) is 7.65. The summed E-state index contributed by atoms with van der Waals surface area (Å²) in [5.41, 5.74) is 1.08. The SMILES string of the molecule is CC(C)(C)OC(=O)Oc1cccc2c1C(c1ccccc1)OC2=O. The average Bonchev–Trinajstić information content (AvgIpc) is 2.85. The van der Waals surface area contributed by atoms with Crippen LogP contribution in [0.25, 0.3) is 0 Å². The lowest BCUT2D eigenvalue weighted by atomic mass is 9.98. The zero-order valence-electron chi connectivity index (χ0n) is 13.7. The van der Waals surface area contributed by atoms with Crippen molar-refractivity contribution in [3.05, 3.63) is 65.2 Å². The van der Waals surface area contributed by atoms with Gasteiger partial charge in [0.1, 0.15) is 11.4 Å². The molecule has 0 saturated heterocycles. The van der Waals surface area contributed by atoms with Crippen LogP contribution in [0.5, 0.6) is 5.75 Å². The van der Waals surface area contributed by atoms with E-state index in [1.165, 1.54) is 0 Å². The highest BCUT2D eigenvalue weighted by atomic mass is 16.7. The van der Waals surface area contributed by atoms with Crippen LogP contribution in [-0.4, -0.2) is 17.7 Å². The molecule has 5 nitrogen and oxygen atoms in total. The van der Waals surface area contributed by atoms with Crippen LogP contribution in [0.2, 0.25) is 0 Å². The summed E-state index contributed by atoms with van der Waals surface area (Å²) >= 11 is 0. The van der Waals surface area contributed by atoms with Crippen LogP contribution < -0.4 is 4.74 Å². The third-order valence-electron chi connectivity index (χ3n) is 3.46. The maximum absolute atomic E-state index is 12.1. The summed E-state index contributed by atoms with van der Waals surface area (Å²) in [4.78, 5) is 24.1. The number of cyclic esters (lactones) is 1. The molecule has 0 radical (unpaired) electrons. The Bertz CT molecular complexity index is 774. The highest BCUT2D eigenvalue weighted by Gasteiger charge is 2.36. The molecule has 1 atom stereocenters. The van der Waals surface area contributed by atoms with Gasteiger partial charge in [-0.2, -0.15) is 0 Å². The van der Waals surface area contributed by atoms with Gasteiger partial charge < -0.3 is 14.2 Å². The molecule has 0 aromatic heterocycles. The van der Waals surface area contributed by atoms with Gasteiger partial charge in [-0.05, 0) is 38.5 Å². The lowest BCUT2D eigenvalue weighted by Crippen LogP contribution is -2.26. The monoisotopic (exact) mass is 326 g/mol. The van der Waals surface area contributed by atoms with Crippen LogP contribution >= 0.6 is 0 Å². The van der Waals surface area contributed by atoms with Gasteiger partial charge in [-0.15, -0.1) is 0 Å². The van der Waals surface area contributed by atoms with Crippen molar-refractivity contribution in [2.75, 3.05) is 0 Å². The number of carbonyl (C=O) groups is 2. The molecule has 2 aromatic rings. The first-order chi connectivity index (χ1) is 11.3. The van der Waals surface area contributed by atoms with Crippen LogP contribution in [0.3, 0.4) is 0 Å². The van der Waals surface area contributed by atoms with E-state index < -0.39 is 23.8 Å². The molecule has 24 heavy (non-hydrogen) atoms. The number of benzene rings is 2. The lowest BCUT2D eigenvalue weighted by molar-refractivity contribution is 0.0201. The molecule has 0 spiro atoms. The Balaban J connectivity index is 1.96. The van der Waals surface area contributed by atoms with Gasteiger partial charge in [0.05, 0.1) is 11.1 Å². The number of esters is 1. The minimum Gasteiger partial charge on any atom is -0.449 e. The molecule has 0 N–H and O–H groups in total. The average molecular weight is 326 g/mol. The standard InChI is InChI=1S/C19H18O5/c1-19(2,3)24-18(21)22-14-11-7-10-13-15(14)16(23-17(13)20)12-8-5-4-6-9-12/h4-11,16H,1-3H3. The zero-order chi connectivity index (χ0) is 17.3. The van der Waals surface area contributed by atoms with E-state index in [0.29, 0.717) is 11.1 Å². The van der Waals surface area contributed by atoms with E-state index in [9.17, 15) is 9.59 Å². The highest BCUT2D eigenvalue weighted by Crippen LogP contribution is 2.41. The van der Waals surface area contributed by atoms with Crippen molar-refractivity contribution < 1.29 is 23.8 Å². The third kappa shape index (κ3) is 3.25. The maximum atomic E-state index is 12.1. The quantitative estimate of drug-likeness (QED) is 0.609. The summed E-state index contributed by atoms with van der Waals surface area (Å²) in [5, 5.41) is 0. The molecule has 0 amide bonds. The fourth-order valence-corrected chi connectivity index (χ4v) is 2.53. The van der Waals surface area contributed by atoms with Gasteiger partial charge in [-0.25, -0.2) is 9.59 Å². The van der Waals surface area contributed by atoms with Crippen LogP contribution in [-0.2, 0) is 9.47 Å². The number of carbonyl (C=O) groups excluding carboxylic acids is 2. The Morgan fingerprint density at radius 2 is 1.75 bits per heavy atom. The summed E-state index contributed by atoms with van der Waals surface area (Å²) in [6.45, 7) is 5.26. The molecule has 2 aromatic carbocycles. The largest absolute Gasteiger partial charge is 0.514 e. The summed E-state index contributed by atoms with van der Waals surface area (Å²) in [6.07, 6.45) is -1.42. The predicted octanol–water partition coefficient (Wildman–Crippen LogP) is 4.26. The van der Waals surface area contributed by atoms with Gasteiger partial charge in [0.15, 0.2) is 6.10 Å². The van der Waals surface area contributed by atoms with E-state index in [-0.39, 0.29) is 5.75 Å². The van der Waals surface area contributed by atoms with Crippen molar-refractivity contribution in [3.8, 4) is 5.75 Å². The van der Waals surface area contributed by atoms with Gasteiger partial charge in [-0.3, -0.25) is 0 Å². The smallest absolute Gasteiger partial charge is 0.449 e. The third-order valence-corrected chi connectivity index (χ3v) is 3.46. The molecule has 1 unspecified atom stereocenters. The molecule has 1 aliphatic rings. The molecule has 1 heterocycles. The van der Waals surface area contributed by atoms with Crippen molar-refractivity contribution in [1.82, 2.24) is 0 Å². The van der Waals surface area contributed by atoms with Crippen LogP contribution in [0, 0.1) is 0 Å². The highest BCUT2D eigenvalue weighted by molar-refractivity contribution is 5.95. The van der Waals surface area contributed by atoms with E-state index in [2.05, 4.69) is 0 Å². The first kappa shape index (κ1) is 16.1. The summed E-state index contributed by atoms with van der Waals surface area (Å²) in [7, 11) is 0. The second-order valence-electron chi connectivity index (χ2n) is 6.48. The Labute approximate surface area is 140 Å². The topological polar surface area (TPSA) is 61.8 Å². The van der Waals surface area contributed by atoms with Crippen LogP contribution in [0.4, 0.5) is 4.79 Å². The molecule has 0 aliphatic carbocycles.